The van der Waals surface area contributed by atoms with Crippen molar-refractivity contribution in [1.82, 2.24) is 4.31 Å². The average molecular weight is 467 g/mol. The van der Waals surface area contributed by atoms with E-state index in [-0.39, 0.29) is 40.9 Å². The van der Waals surface area contributed by atoms with E-state index in [4.69, 9.17) is 23.2 Å². The molecule has 1 amide bonds. The van der Waals surface area contributed by atoms with Crippen LogP contribution in [0.5, 0.6) is 0 Å². The van der Waals surface area contributed by atoms with E-state index in [2.05, 4.69) is 5.32 Å². The predicted octanol–water partition coefficient (Wildman–Crippen LogP) is 4.45. The maximum Gasteiger partial charge on any atom is 0.244 e. The van der Waals surface area contributed by atoms with Crippen LogP contribution in [0.4, 0.5) is 18.9 Å². The molecule has 0 atom stereocenters. The maximum atomic E-state index is 13.7. The molecule has 0 unspecified atom stereocenters. The first-order valence-corrected chi connectivity index (χ1v) is 10.7. The van der Waals surface area contributed by atoms with Crippen molar-refractivity contribution < 1.29 is 26.4 Å². The van der Waals surface area contributed by atoms with Crippen molar-refractivity contribution in [2.75, 3.05) is 18.4 Å². The zero-order valence-electron chi connectivity index (χ0n) is 14.8. The number of halogens is 5. The summed E-state index contributed by atoms with van der Waals surface area (Å²) in [6, 6.07) is 5.73. The molecule has 11 heteroatoms. The van der Waals surface area contributed by atoms with Gasteiger partial charge in [0.1, 0.15) is 4.90 Å². The Morgan fingerprint density at radius 3 is 2.34 bits per heavy atom. The number of nitrogens with one attached hydrogen (secondary N) is 1. The standard InChI is InChI=1S/C18H15Cl2F3N2O3S/c19-11-1-2-12(20)15(9-11)29(27,28)25-7-5-10(6-8-25)18(26)24-14-4-3-13(21)16(22)17(14)23/h1-4,9-10H,5-8H2,(H,24,26). The molecule has 0 bridgehead atoms. The lowest BCUT2D eigenvalue weighted by molar-refractivity contribution is -0.120. The van der Waals surface area contributed by atoms with E-state index in [0.717, 1.165) is 6.07 Å². The van der Waals surface area contributed by atoms with Crippen LogP contribution in [0.2, 0.25) is 10.0 Å². The number of piperidine rings is 1. The van der Waals surface area contributed by atoms with E-state index < -0.39 is 45.0 Å². The second-order valence-electron chi connectivity index (χ2n) is 6.47. The van der Waals surface area contributed by atoms with Crippen molar-refractivity contribution in [1.29, 1.82) is 0 Å². The lowest BCUT2D eigenvalue weighted by Gasteiger charge is -2.30. The fraction of sp³-hybridized carbons (Fsp3) is 0.278. The number of sulfonamides is 1. The third kappa shape index (κ3) is 4.53. The van der Waals surface area contributed by atoms with Gasteiger partial charge in [-0.25, -0.2) is 21.6 Å². The molecule has 1 aliphatic rings. The highest BCUT2D eigenvalue weighted by Gasteiger charge is 2.33. The number of hydrogen-bond donors (Lipinski definition) is 1. The molecule has 2 aromatic rings. The number of benzene rings is 2. The summed E-state index contributed by atoms with van der Waals surface area (Å²) in [6.45, 7) is 0.0625. The molecule has 0 aliphatic carbocycles. The largest absolute Gasteiger partial charge is 0.323 e. The fourth-order valence-corrected chi connectivity index (χ4v) is 5.24. The summed E-state index contributed by atoms with van der Waals surface area (Å²) in [5.74, 6) is -5.76. The van der Waals surface area contributed by atoms with Gasteiger partial charge in [-0.1, -0.05) is 23.2 Å². The minimum Gasteiger partial charge on any atom is -0.323 e. The van der Waals surface area contributed by atoms with Crippen LogP contribution >= 0.6 is 23.2 Å². The zero-order chi connectivity index (χ0) is 21.3. The quantitative estimate of drug-likeness (QED) is 0.676. The third-order valence-electron chi connectivity index (χ3n) is 4.63. The molecular formula is C18H15Cl2F3N2O3S. The summed E-state index contributed by atoms with van der Waals surface area (Å²) in [7, 11) is -3.91. The first kappa shape index (κ1) is 21.9. The molecule has 156 valence electrons. The highest BCUT2D eigenvalue weighted by atomic mass is 35.5. The first-order valence-electron chi connectivity index (χ1n) is 8.51. The molecular weight excluding hydrogens is 452 g/mol. The normalized spacial score (nSPS) is 16.0. The molecule has 29 heavy (non-hydrogen) atoms. The van der Waals surface area contributed by atoms with Crippen LogP contribution in [-0.4, -0.2) is 31.7 Å². The highest BCUT2D eigenvalue weighted by Crippen LogP contribution is 2.31. The van der Waals surface area contributed by atoms with Crippen LogP contribution < -0.4 is 5.32 Å². The zero-order valence-corrected chi connectivity index (χ0v) is 17.1. The Morgan fingerprint density at radius 2 is 1.69 bits per heavy atom. The Labute approximate surface area is 175 Å². The number of hydrogen-bond acceptors (Lipinski definition) is 3. The smallest absolute Gasteiger partial charge is 0.244 e. The Kier molecular flexibility index (Phi) is 6.42. The number of anilines is 1. The van der Waals surface area contributed by atoms with E-state index >= 15 is 0 Å². The van der Waals surface area contributed by atoms with Gasteiger partial charge >= 0.3 is 0 Å². The van der Waals surface area contributed by atoms with Crippen molar-refractivity contribution in [2.24, 2.45) is 5.92 Å². The van der Waals surface area contributed by atoms with Crippen LogP contribution in [0, 0.1) is 23.4 Å². The number of nitrogens with zero attached hydrogens (tertiary/aromatic N) is 1. The van der Waals surface area contributed by atoms with Gasteiger partial charge in [-0.05, 0) is 43.2 Å². The third-order valence-corrected chi connectivity index (χ3v) is 7.24. The van der Waals surface area contributed by atoms with Crippen LogP contribution in [-0.2, 0) is 14.8 Å². The summed E-state index contributed by atoms with van der Waals surface area (Å²) in [5, 5.41) is 2.47. The van der Waals surface area contributed by atoms with Gasteiger partial charge in [0.15, 0.2) is 17.5 Å². The number of amides is 1. The molecule has 0 radical (unpaired) electrons. The van der Waals surface area contributed by atoms with E-state index in [9.17, 15) is 26.4 Å². The second kappa shape index (κ2) is 8.51. The molecule has 0 aromatic heterocycles. The highest BCUT2D eigenvalue weighted by molar-refractivity contribution is 7.89. The summed E-state index contributed by atoms with van der Waals surface area (Å²) < 4.78 is 66.8. The molecule has 1 saturated heterocycles. The number of rotatable bonds is 4. The van der Waals surface area contributed by atoms with Gasteiger partial charge in [-0.3, -0.25) is 4.79 Å². The number of carbonyl (C=O) groups excluding carboxylic acids is 1. The SMILES string of the molecule is O=C(Nc1ccc(F)c(F)c1F)C1CCN(S(=O)(=O)c2cc(Cl)ccc2Cl)CC1. The van der Waals surface area contributed by atoms with Crippen LogP contribution in [0.1, 0.15) is 12.8 Å². The maximum absolute atomic E-state index is 13.7. The van der Waals surface area contributed by atoms with Gasteiger partial charge in [0.05, 0.1) is 10.7 Å². The van der Waals surface area contributed by atoms with Gasteiger partial charge in [-0.15, -0.1) is 0 Å². The summed E-state index contributed by atoms with van der Waals surface area (Å²) >= 11 is 11.8. The Bertz CT molecular complexity index is 1060. The van der Waals surface area contributed by atoms with Crippen molar-refractivity contribution >= 4 is 44.8 Å². The molecule has 1 N–H and O–H groups in total. The van der Waals surface area contributed by atoms with Crippen molar-refractivity contribution in [3.8, 4) is 0 Å². The molecule has 1 fully saturated rings. The van der Waals surface area contributed by atoms with E-state index in [1.807, 2.05) is 0 Å². The monoisotopic (exact) mass is 466 g/mol. The lowest BCUT2D eigenvalue weighted by atomic mass is 9.97. The average Bonchev–Trinajstić information content (AvgIpc) is 2.70. The van der Waals surface area contributed by atoms with Crippen LogP contribution in [0.25, 0.3) is 0 Å². The summed E-state index contributed by atoms with van der Waals surface area (Å²) in [6.07, 6.45) is 0.323. The van der Waals surface area contributed by atoms with E-state index in [1.165, 1.54) is 22.5 Å². The van der Waals surface area contributed by atoms with Gasteiger partial charge in [0.25, 0.3) is 0 Å². The predicted molar refractivity (Wildman–Crippen MR) is 103 cm³/mol. The summed E-state index contributed by atoms with van der Waals surface area (Å²) in [4.78, 5) is 12.2. The molecule has 5 nitrogen and oxygen atoms in total. The first-order chi connectivity index (χ1) is 13.6. The second-order valence-corrected chi connectivity index (χ2v) is 9.22. The Balaban J connectivity index is 1.68. The molecule has 2 aromatic carbocycles. The fourth-order valence-electron chi connectivity index (χ4n) is 3.03. The van der Waals surface area contributed by atoms with Gasteiger partial charge in [-0.2, -0.15) is 4.31 Å². The van der Waals surface area contributed by atoms with Crippen LogP contribution in [0.3, 0.4) is 0 Å². The summed E-state index contributed by atoms with van der Waals surface area (Å²) in [5.41, 5.74) is -0.477. The molecule has 1 heterocycles. The van der Waals surface area contributed by atoms with Gasteiger partial charge < -0.3 is 5.32 Å². The van der Waals surface area contributed by atoms with Gasteiger partial charge in [0.2, 0.25) is 15.9 Å². The molecule has 3 rings (SSSR count). The van der Waals surface area contributed by atoms with E-state index in [1.54, 1.807) is 0 Å². The molecule has 0 saturated carbocycles. The minimum absolute atomic E-state index is 0.0306. The topological polar surface area (TPSA) is 66.5 Å². The van der Waals surface area contributed by atoms with Crippen molar-refractivity contribution in [3.05, 3.63) is 57.8 Å². The minimum atomic E-state index is -3.91. The lowest BCUT2D eigenvalue weighted by Crippen LogP contribution is -2.41. The Hall–Kier alpha value is -1.81. The molecule has 0 spiro atoms. The van der Waals surface area contributed by atoms with Gasteiger partial charge in [0, 0.05) is 24.0 Å². The Morgan fingerprint density at radius 1 is 1.03 bits per heavy atom. The molecule has 1 aliphatic heterocycles. The number of carbonyl (C=O) groups is 1. The van der Waals surface area contributed by atoms with Crippen molar-refractivity contribution in [3.63, 3.8) is 0 Å². The van der Waals surface area contributed by atoms with Crippen molar-refractivity contribution in [2.45, 2.75) is 17.7 Å². The van der Waals surface area contributed by atoms with Crippen LogP contribution in [0.15, 0.2) is 35.2 Å². The van der Waals surface area contributed by atoms with E-state index in [0.29, 0.717) is 6.07 Å².